The number of thioether (sulfide) groups is 1. The molecule has 30 heavy (non-hydrogen) atoms. The van der Waals surface area contributed by atoms with Gasteiger partial charge in [-0.2, -0.15) is 5.10 Å². The van der Waals surface area contributed by atoms with E-state index in [1.165, 1.54) is 11.8 Å². The number of methoxy groups -OCH3 is 2. The molecular formula is C23H27N3O3S. The lowest BCUT2D eigenvalue weighted by Crippen LogP contribution is -2.31. The van der Waals surface area contributed by atoms with Gasteiger partial charge in [-0.1, -0.05) is 55.8 Å². The van der Waals surface area contributed by atoms with Gasteiger partial charge in [0.15, 0.2) is 5.17 Å². The Hall–Kier alpha value is -2.80. The van der Waals surface area contributed by atoms with Crippen LogP contribution in [-0.4, -0.2) is 41.7 Å². The third kappa shape index (κ3) is 5.42. The van der Waals surface area contributed by atoms with Crippen LogP contribution in [0.2, 0.25) is 0 Å². The number of carbonyl (C=O) groups excluding carboxylic acids is 1. The SMILES string of the molecule is CCCCC1S/C(=N/N=C/c2ccccc2OC)N(Cc2ccc(OC)cc2)C1=O. The van der Waals surface area contributed by atoms with Gasteiger partial charge in [-0.25, -0.2) is 0 Å². The van der Waals surface area contributed by atoms with Gasteiger partial charge in [0.2, 0.25) is 5.91 Å². The molecule has 6 nitrogen and oxygen atoms in total. The first-order chi connectivity index (χ1) is 14.7. The zero-order valence-corrected chi connectivity index (χ0v) is 18.4. The molecule has 1 atom stereocenters. The molecule has 0 N–H and O–H groups in total. The highest BCUT2D eigenvalue weighted by atomic mass is 32.2. The molecule has 0 spiro atoms. The number of para-hydroxylation sites is 1. The van der Waals surface area contributed by atoms with E-state index in [9.17, 15) is 4.79 Å². The van der Waals surface area contributed by atoms with E-state index >= 15 is 0 Å². The molecule has 2 aromatic rings. The molecule has 2 aromatic carbocycles. The summed E-state index contributed by atoms with van der Waals surface area (Å²) in [5.41, 5.74) is 1.85. The average molecular weight is 426 g/mol. The number of carbonyl (C=O) groups is 1. The Balaban J connectivity index is 1.81. The van der Waals surface area contributed by atoms with Crippen LogP contribution in [0, 0.1) is 0 Å². The standard InChI is InChI=1S/C23H27N3O3S/c1-4-5-10-21-22(27)26(16-17-11-13-19(28-2)14-12-17)23(30-21)25-24-15-18-8-6-7-9-20(18)29-3/h6-9,11-15,21H,4-5,10,16H2,1-3H3/b24-15+,25-23+. The molecule has 1 heterocycles. The normalized spacial score (nSPS) is 17.8. The summed E-state index contributed by atoms with van der Waals surface area (Å²) in [5, 5.41) is 9.16. The Morgan fingerprint density at radius 3 is 2.57 bits per heavy atom. The van der Waals surface area contributed by atoms with Crippen molar-refractivity contribution in [2.75, 3.05) is 14.2 Å². The third-order valence-corrected chi connectivity index (χ3v) is 6.05. The largest absolute Gasteiger partial charge is 0.497 e. The van der Waals surface area contributed by atoms with Crippen LogP contribution in [0.4, 0.5) is 0 Å². The van der Waals surface area contributed by atoms with Crippen LogP contribution in [0.3, 0.4) is 0 Å². The van der Waals surface area contributed by atoms with Gasteiger partial charge in [0.25, 0.3) is 0 Å². The number of amidine groups is 1. The first-order valence-corrected chi connectivity index (χ1v) is 10.9. The molecule has 1 aliphatic heterocycles. The van der Waals surface area contributed by atoms with Crippen molar-refractivity contribution in [3.05, 3.63) is 59.7 Å². The van der Waals surface area contributed by atoms with E-state index in [0.29, 0.717) is 11.7 Å². The summed E-state index contributed by atoms with van der Waals surface area (Å²) in [7, 11) is 3.26. The van der Waals surface area contributed by atoms with Crippen molar-refractivity contribution in [3.8, 4) is 11.5 Å². The fourth-order valence-corrected chi connectivity index (χ4v) is 4.27. The van der Waals surface area contributed by atoms with Crippen LogP contribution in [0.1, 0.15) is 37.3 Å². The van der Waals surface area contributed by atoms with E-state index in [4.69, 9.17) is 9.47 Å². The molecule has 1 saturated heterocycles. The summed E-state index contributed by atoms with van der Waals surface area (Å²) < 4.78 is 10.6. The number of hydrogen-bond acceptors (Lipinski definition) is 6. The Kier molecular flexibility index (Phi) is 7.90. The Bertz CT molecular complexity index is 912. The van der Waals surface area contributed by atoms with Crippen molar-refractivity contribution in [1.82, 2.24) is 4.90 Å². The van der Waals surface area contributed by atoms with Crippen LogP contribution >= 0.6 is 11.8 Å². The molecule has 0 aromatic heterocycles. The van der Waals surface area contributed by atoms with Crippen LogP contribution in [0.15, 0.2) is 58.7 Å². The summed E-state index contributed by atoms with van der Waals surface area (Å²) in [4.78, 5) is 14.7. The number of unbranched alkanes of at least 4 members (excludes halogenated alkanes) is 1. The first-order valence-electron chi connectivity index (χ1n) is 10.0. The van der Waals surface area contributed by atoms with Crippen molar-refractivity contribution in [2.24, 2.45) is 10.2 Å². The maximum atomic E-state index is 13.0. The third-order valence-electron chi connectivity index (χ3n) is 4.82. The van der Waals surface area contributed by atoms with Gasteiger partial charge < -0.3 is 9.47 Å². The lowest BCUT2D eigenvalue weighted by Gasteiger charge is -2.16. The smallest absolute Gasteiger partial charge is 0.242 e. The molecule has 0 saturated carbocycles. The Morgan fingerprint density at radius 1 is 1.10 bits per heavy atom. The molecule has 1 amide bonds. The van der Waals surface area contributed by atoms with Crippen LogP contribution < -0.4 is 9.47 Å². The Labute approximate surface area is 182 Å². The van der Waals surface area contributed by atoms with Crippen LogP contribution in [0.25, 0.3) is 0 Å². The summed E-state index contributed by atoms with van der Waals surface area (Å²) >= 11 is 1.50. The highest BCUT2D eigenvalue weighted by molar-refractivity contribution is 8.15. The molecule has 158 valence electrons. The van der Waals surface area contributed by atoms with E-state index in [1.54, 1.807) is 25.3 Å². The molecule has 3 rings (SSSR count). The van der Waals surface area contributed by atoms with E-state index < -0.39 is 0 Å². The average Bonchev–Trinajstić information content (AvgIpc) is 3.07. The van der Waals surface area contributed by atoms with Gasteiger partial charge in [0.05, 0.1) is 32.2 Å². The van der Waals surface area contributed by atoms with Crippen LogP contribution in [-0.2, 0) is 11.3 Å². The molecule has 0 bridgehead atoms. The van der Waals surface area contributed by atoms with Gasteiger partial charge in [0.1, 0.15) is 11.5 Å². The van der Waals surface area contributed by atoms with Gasteiger partial charge in [-0.3, -0.25) is 9.69 Å². The zero-order chi connectivity index (χ0) is 21.3. The number of ether oxygens (including phenoxy) is 2. The number of rotatable bonds is 9. The summed E-state index contributed by atoms with van der Waals surface area (Å²) in [6.07, 6.45) is 4.56. The van der Waals surface area contributed by atoms with E-state index in [-0.39, 0.29) is 11.2 Å². The summed E-state index contributed by atoms with van der Waals surface area (Å²) in [6.45, 7) is 2.59. The van der Waals surface area contributed by atoms with Crippen LogP contribution in [0.5, 0.6) is 11.5 Å². The summed E-state index contributed by atoms with van der Waals surface area (Å²) in [5.74, 6) is 1.61. The van der Waals surface area contributed by atoms with Crippen molar-refractivity contribution in [2.45, 2.75) is 38.0 Å². The highest BCUT2D eigenvalue weighted by Gasteiger charge is 2.37. The van der Waals surface area contributed by atoms with Gasteiger partial charge in [0, 0.05) is 5.56 Å². The predicted molar refractivity (Wildman–Crippen MR) is 122 cm³/mol. The number of amides is 1. The van der Waals surface area contributed by atoms with E-state index in [0.717, 1.165) is 41.9 Å². The maximum Gasteiger partial charge on any atom is 0.242 e. The maximum absolute atomic E-state index is 13.0. The minimum Gasteiger partial charge on any atom is -0.497 e. The first kappa shape index (κ1) is 21.9. The number of hydrogen-bond donors (Lipinski definition) is 0. The summed E-state index contributed by atoms with van der Waals surface area (Å²) in [6, 6.07) is 15.3. The van der Waals surface area contributed by atoms with Gasteiger partial charge in [-0.15, -0.1) is 5.10 Å². The fourth-order valence-electron chi connectivity index (χ4n) is 3.13. The zero-order valence-electron chi connectivity index (χ0n) is 17.6. The fraction of sp³-hybridized carbons (Fsp3) is 0.348. The quantitative estimate of drug-likeness (QED) is 0.430. The second-order valence-corrected chi connectivity index (χ2v) is 8.06. The topological polar surface area (TPSA) is 63.5 Å². The minimum atomic E-state index is -0.108. The molecule has 7 heteroatoms. The monoisotopic (exact) mass is 425 g/mol. The lowest BCUT2D eigenvalue weighted by atomic mass is 10.1. The van der Waals surface area contributed by atoms with Gasteiger partial charge in [-0.05, 0) is 36.2 Å². The molecule has 1 aliphatic rings. The van der Waals surface area contributed by atoms with Crippen molar-refractivity contribution in [1.29, 1.82) is 0 Å². The van der Waals surface area contributed by atoms with E-state index in [2.05, 4.69) is 17.1 Å². The molecule has 1 unspecified atom stereocenters. The molecular weight excluding hydrogens is 398 g/mol. The van der Waals surface area contributed by atoms with E-state index in [1.807, 2.05) is 48.5 Å². The van der Waals surface area contributed by atoms with Crippen molar-refractivity contribution < 1.29 is 14.3 Å². The lowest BCUT2D eigenvalue weighted by molar-refractivity contribution is -0.126. The second-order valence-electron chi connectivity index (χ2n) is 6.89. The molecule has 1 fully saturated rings. The second kappa shape index (κ2) is 10.8. The number of nitrogens with zero attached hydrogens (tertiary/aromatic N) is 3. The predicted octanol–water partition coefficient (Wildman–Crippen LogP) is 4.73. The highest BCUT2D eigenvalue weighted by Crippen LogP contribution is 2.32. The Morgan fingerprint density at radius 2 is 1.87 bits per heavy atom. The minimum absolute atomic E-state index is 0.0931. The number of benzene rings is 2. The molecule has 0 aliphatic carbocycles. The van der Waals surface area contributed by atoms with Gasteiger partial charge >= 0.3 is 0 Å². The van der Waals surface area contributed by atoms with Crippen molar-refractivity contribution >= 4 is 29.1 Å². The molecule has 0 radical (unpaired) electrons. The van der Waals surface area contributed by atoms with Crippen molar-refractivity contribution in [3.63, 3.8) is 0 Å².